The van der Waals surface area contributed by atoms with Crippen molar-refractivity contribution in [3.8, 4) is 0 Å². The van der Waals surface area contributed by atoms with Crippen LogP contribution in [0.5, 0.6) is 0 Å². The van der Waals surface area contributed by atoms with Crippen molar-refractivity contribution in [1.29, 1.82) is 0 Å². The summed E-state index contributed by atoms with van der Waals surface area (Å²) in [5, 5.41) is 2.96. The van der Waals surface area contributed by atoms with E-state index in [4.69, 9.17) is 4.74 Å². The summed E-state index contributed by atoms with van der Waals surface area (Å²) in [4.78, 5) is 4.27. The molecule has 1 aromatic rings. The number of aryl methyl sites for hydroxylation is 2. The Morgan fingerprint density at radius 2 is 2.10 bits per heavy atom. The van der Waals surface area contributed by atoms with Crippen molar-refractivity contribution < 1.29 is 17.9 Å². The van der Waals surface area contributed by atoms with Gasteiger partial charge >= 0.3 is 6.18 Å². The van der Waals surface area contributed by atoms with E-state index in [1.54, 1.807) is 0 Å². The van der Waals surface area contributed by atoms with Crippen molar-refractivity contribution in [2.75, 3.05) is 25.1 Å². The highest BCUT2D eigenvalue weighted by atomic mass is 19.4. The number of alkyl halides is 3. The highest BCUT2D eigenvalue weighted by Crippen LogP contribution is 2.21. The number of nitrogens with zero attached hydrogens (tertiary/aromatic N) is 2. The third-order valence-electron chi connectivity index (χ3n) is 2.71. The summed E-state index contributed by atoms with van der Waals surface area (Å²) in [6.45, 7) is 6.16. The fourth-order valence-corrected chi connectivity index (χ4v) is 1.83. The van der Waals surface area contributed by atoms with Gasteiger partial charge in [0.15, 0.2) is 0 Å². The smallest absolute Gasteiger partial charge is 0.382 e. The van der Waals surface area contributed by atoms with E-state index in [9.17, 15) is 13.2 Å². The molecule has 0 amide bonds. The van der Waals surface area contributed by atoms with Crippen LogP contribution >= 0.6 is 0 Å². The predicted molar refractivity (Wildman–Crippen MR) is 71.9 cm³/mol. The van der Waals surface area contributed by atoms with Crippen molar-refractivity contribution in [3.05, 3.63) is 11.9 Å². The molecule has 0 aliphatic rings. The molecular formula is C13H22F3N3O. The molecule has 1 N–H and O–H groups in total. The minimum Gasteiger partial charge on any atom is -0.382 e. The second kappa shape index (κ2) is 8.14. The van der Waals surface area contributed by atoms with Crippen LogP contribution in [0.3, 0.4) is 0 Å². The molecule has 4 nitrogen and oxygen atoms in total. The number of imidazole rings is 1. The lowest BCUT2D eigenvalue weighted by Gasteiger charge is -2.10. The molecule has 0 aliphatic heterocycles. The average Bonchev–Trinajstić information content (AvgIpc) is 2.70. The molecule has 0 aromatic carbocycles. The van der Waals surface area contributed by atoms with Crippen LogP contribution in [0.15, 0.2) is 6.20 Å². The Balaban J connectivity index is 2.36. The van der Waals surface area contributed by atoms with Gasteiger partial charge in [-0.1, -0.05) is 0 Å². The Bertz CT molecular complexity index is 391. The molecular weight excluding hydrogens is 271 g/mol. The van der Waals surface area contributed by atoms with Crippen LogP contribution in [0, 0.1) is 6.92 Å². The zero-order valence-electron chi connectivity index (χ0n) is 12.0. The van der Waals surface area contributed by atoms with Crippen molar-refractivity contribution in [2.45, 2.75) is 45.8 Å². The minimum absolute atomic E-state index is 0.0500. The lowest BCUT2D eigenvalue weighted by molar-refractivity contribution is -0.134. The van der Waals surface area contributed by atoms with Gasteiger partial charge < -0.3 is 14.6 Å². The van der Waals surface area contributed by atoms with E-state index in [1.807, 2.05) is 24.6 Å². The van der Waals surface area contributed by atoms with E-state index >= 15 is 0 Å². The third kappa shape index (κ3) is 6.79. The van der Waals surface area contributed by atoms with Gasteiger partial charge in [-0.25, -0.2) is 4.98 Å². The molecule has 0 unspecified atom stereocenters. The van der Waals surface area contributed by atoms with Gasteiger partial charge in [-0.2, -0.15) is 13.2 Å². The van der Waals surface area contributed by atoms with Crippen LogP contribution in [-0.2, 0) is 11.3 Å². The summed E-state index contributed by atoms with van der Waals surface area (Å²) in [5.41, 5.74) is 0.847. The molecule has 0 spiro atoms. The average molecular weight is 293 g/mol. The van der Waals surface area contributed by atoms with Crippen LogP contribution in [0.1, 0.15) is 31.9 Å². The largest absolute Gasteiger partial charge is 0.389 e. The fourth-order valence-electron chi connectivity index (χ4n) is 1.83. The maximum absolute atomic E-state index is 12.0. The molecule has 1 heterocycles. The molecule has 1 aromatic heterocycles. The molecule has 7 heteroatoms. The first kappa shape index (κ1) is 16.8. The van der Waals surface area contributed by atoms with E-state index in [0.717, 1.165) is 18.7 Å². The van der Waals surface area contributed by atoms with Crippen molar-refractivity contribution in [2.24, 2.45) is 0 Å². The molecule has 0 atom stereocenters. The quantitative estimate of drug-likeness (QED) is 0.709. The van der Waals surface area contributed by atoms with Gasteiger partial charge in [-0.05, 0) is 26.7 Å². The zero-order valence-corrected chi connectivity index (χ0v) is 12.0. The summed E-state index contributed by atoms with van der Waals surface area (Å²) in [7, 11) is 0. The Kier molecular flexibility index (Phi) is 6.84. The van der Waals surface area contributed by atoms with Crippen LogP contribution in [0.4, 0.5) is 19.1 Å². The van der Waals surface area contributed by atoms with Gasteiger partial charge in [0.1, 0.15) is 0 Å². The lowest BCUT2D eigenvalue weighted by Crippen LogP contribution is -2.13. The zero-order chi connectivity index (χ0) is 15.0. The first-order valence-corrected chi connectivity index (χ1v) is 6.84. The molecule has 0 radical (unpaired) electrons. The first-order chi connectivity index (χ1) is 9.42. The summed E-state index contributed by atoms with van der Waals surface area (Å²) < 4.78 is 43.3. The number of anilines is 1. The molecule has 20 heavy (non-hydrogen) atoms. The maximum Gasteiger partial charge on any atom is 0.389 e. The van der Waals surface area contributed by atoms with Crippen LogP contribution in [0.25, 0.3) is 0 Å². The van der Waals surface area contributed by atoms with Gasteiger partial charge in [0.25, 0.3) is 0 Å². The maximum atomic E-state index is 12.0. The Morgan fingerprint density at radius 3 is 2.75 bits per heavy atom. The second-order valence-corrected chi connectivity index (χ2v) is 4.60. The van der Waals surface area contributed by atoms with Crippen molar-refractivity contribution >= 4 is 5.95 Å². The van der Waals surface area contributed by atoms with Gasteiger partial charge in [0.05, 0.1) is 5.69 Å². The van der Waals surface area contributed by atoms with E-state index in [0.29, 0.717) is 19.2 Å². The van der Waals surface area contributed by atoms with Gasteiger partial charge in [0, 0.05) is 38.9 Å². The Labute approximate surface area is 117 Å². The van der Waals surface area contributed by atoms with Crippen molar-refractivity contribution in [3.63, 3.8) is 0 Å². The highest BCUT2D eigenvalue weighted by molar-refractivity contribution is 5.28. The van der Waals surface area contributed by atoms with E-state index < -0.39 is 12.6 Å². The Morgan fingerprint density at radius 1 is 1.35 bits per heavy atom. The summed E-state index contributed by atoms with van der Waals surface area (Å²) in [5.74, 6) is 0.626. The Hall–Kier alpha value is -1.24. The van der Waals surface area contributed by atoms with Gasteiger partial charge in [-0.3, -0.25) is 0 Å². The summed E-state index contributed by atoms with van der Waals surface area (Å²) in [6, 6.07) is 0. The topological polar surface area (TPSA) is 39.1 Å². The number of hydrogen-bond acceptors (Lipinski definition) is 3. The SMILES string of the molecule is CCOCCCn1cc(C)nc1NCCCC(F)(F)F. The highest BCUT2D eigenvalue weighted by Gasteiger charge is 2.25. The van der Waals surface area contributed by atoms with Crippen LogP contribution in [0.2, 0.25) is 0 Å². The standard InChI is InChI=1S/C13H22F3N3O/c1-3-20-9-5-8-19-10-11(2)18-12(19)17-7-4-6-13(14,15)16/h10H,3-9H2,1-2H3,(H,17,18). The predicted octanol–water partition coefficient (Wildman–Crippen LogP) is 3.37. The molecule has 0 bridgehead atoms. The van der Waals surface area contributed by atoms with Gasteiger partial charge in [0.2, 0.25) is 5.95 Å². The number of rotatable bonds is 9. The van der Waals surface area contributed by atoms with Crippen LogP contribution in [-0.4, -0.2) is 35.5 Å². The normalized spacial score (nSPS) is 11.8. The van der Waals surface area contributed by atoms with E-state index in [-0.39, 0.29) is 13.0 Å². The third-order valence-corrected chi connectivity index (χ3v) is 2.71. The summed E-state index contributed by atoms with van der Waals surface area (Å²) >= 11 is 0. The minimum atomic E-state index is -4.09. The first-order valence-electron chi connectivity index (χ1n) is 6.84. The van der Waals surface area contributed by atoms with Crippen molar-refractivity contribution in [1.82, 2.24) is 9.55 Å². The molecule has 116 valence electrons. The van der Waals surface area contributed by atoms with E-state index in [2.05, 4.69) is 10.3 Å². The van der Waals surface area contributed by atoms with Crippen LogP contribution < -0.4 is 5.32 Å². The number of aromatic nitrogens is 2. The number of hydrogen-bond donors (Lipinski definition) is 1. The molecule has 0 aliphatic carbocycles. The summed E-state index contributed by atoms with van der Waals surface area (Å²) in [6.07, 6.45) is -2.08. The molecule has 0 saturated carbocycles. The number of nitrogens with one attached hydrogen (secondary N) is 1. The molecule has 1 rings (SSSR count). The monoisotopic (exact) mass is 293 g/mol. The number of ether oxygens (including phenoxy) is 1. The van der Waals surface area contributed by atoms with Gasteiger partial charge in [-0.15, -0.1) is 0 Å². The molecule has 0 saturated heterocycles. The van der Waals surface area contributed by atoms with E-state index in [1.165, 1.54) is 0 Å². The lowest BCUT2D eigenvalue weighted by atomic mass is 10.3. The number of halogens is 3. The second-order valence-electron chi connectivity index (χ2n) is 4.60. The molecule has 0 fully saturated rings. The fraction of sp³-hybridized carbons (Fsp3) is 0.769.